The van der Waals surface area contributed by atoms with Gasteiger partial charge in [0.25, 0.3) is 0 Å². The normalized spacial score (nSPS) is 32.2. The third-order valence-electron chi connectivity index (χ3n) is 8.88. The predicted molar refractivity (Wildman–Crippen MR) is 128 cm³/mol. The van der Waals surface area contributed by atoms with Crippen molar-refractivity contribution < 1.29 is 29.0 Å². The van der Waals surface area contributed by atoms with E-state index in [1.165, 1.54) is 31.1 Å². The number of methoxy groups -OCH3 is 2. The van der Waals surface area contributed by atoms with E-state index >= 15 is 0 Å². The number of hydrogen-bond donors (Lipinski definition) is 3. The van der Waals surface area contributed by atoms with Gasteiger partial charge in [-0.2, -0.15) is 0 Å². The molecule has 0 radical (unpaired) electrons. The minimum absolute atomic E-state index is 0.00407. The van der Waals surface area contributed by atoms with Crippen molar-refractivity contribution in [2.75, 3.05) is 20.8 Å². The van der Waals surface area contributed by atoms with Crippen LogP contribution < -0.4 is 15.4 Å². The topological polar surface area (TPSA) is 114 Å². The molecule has 3 aliphatic carbocycles. The van der Waals surface area contributed by atoms with Gasteiger partial charge in [0, 0.05) is 30.2 Å². The van der Waals surface area contributed by atoms with Gasteiger partial charge in [0.2, 0.25) is 5.91 Å². The number of Topliss-reactive ketones (excluding diaryl/α,β-unsaturated/α-hetero) is 1. The van der Waals surface area contributed by atoms with Crippen molar-refractivity contribution in [1.82, 2.24) is 10.6 Å². The molecule has 0 unspecified atom stereocenters. The molecule has 2 bridgehead atoms. The van der Waals surface area contributed by atoms with Crippen molar-refractivity contribution in [3.63, 3.8) is 0 Å². The van der Waals surface area contributed by atoms with Gasteiger partial charge in [-0.05, 0) is 86.7 Å². The molecule has 190 valence electrons. The standard InChI is InChI=1S/C27H36N2O6/c1-15(25(32)35-3)29-24(31)10-18-13-27(33)23-12-20-17(8-16-4-5-16)9-19(34-2)11-21(20)26(27,6-7-28-23)14-22(18)30/h9,11,15-16,18,23,28,33H,4-8,10,12-14H2,1-3H3,(H,29,31)/t15-,18-,23+,26+,27+/m0/s1. The average Bonchev–Trinajstić information content (AvgIpc) is 3.63. The number of aliphatic hydroxyl groups is 1. The molecule has 1 aromatic carbocycles. The van der Waals surface area contributed by atoms with Crippen molar-refractivity contribution in [3.8, 4) is 5.75 Å². The molecule has 1 amide bonds. The zero-order chi connectivity index (χ0) is 25.0. The van der Waals surface area contributed by atoms with E-state index in [-0.39, 0.29) is 37.0 Å². The summed E-state index contributed by atoms with van der Waals surface area (Å²) in [6.07, 6.45) is 5.24. The molecular formula is C27H36N2O6. The monoisotopic (exact) mass is 484 g/mol. The number of esters is 1. The van der Waals surface area contributed by atoms with E-state index in [2.05, 4.69) is 21.4 Å². The number of fused-ring (bicyclic) bond motifs is 1. The van der Waals surface area contributed by atoms with Crippen LogP contribution in [0.4, 0.5) is 0 Å². The maximum absolute atomic E-state index is 13.5. The highest BCUT2D eigenvalue weighted by molar-refractivity contribution is 5.91. The highest BCUT2D eigenvalue weighted by atomic mass is 16.5. The molecule has 8 nitrogen and oxygen atoms in total. The van der Waals surface area contributed by atoms with E-state index in [0.29, 0.717) is 18.8 Å². The van der Waals surface area contributed by atoms with Gasteiger partial charge in [-0.1, -0.05) is 0 Å². The van der Waals surface area contributed by atoms with E-state index in [1.54, 1.807) is 14.0 Å². The Labute approximate surface area is 206 Å². The molecular weight excluding hydrogens is 448 g/mol. The van der Waals surface area contributed by atoms with Crippen LogP contribution >= 0.6 is 0 Å². The van der Waals surface area contributed by atoms with Gasteiger partial charge in [0.15, 0.2) is 0 Å². The molecule has 1 aliphatic heterocycles. The van der Waals surface area contributed by atoms with Crippen LogP contribution in [0.2, 0.25) is 0 Å². The first-order valence-electron chi connectivity index (χ1n) is 12.8. The third kappa shape index (κ3) is 4.04. The number of carbonyl (C=O) groups is 3. The summed E-state index contributed by atoms with van der Waals surface area (Å²) in [5.74, 6) is -0.0403. The molecule has 1 heterocycles. The van der Waals surface area contributed by atoms with E-state index in [4.69, 9.17) is 4.74 Å². The van der Waals surface area contributed by atoms with Crippen molar-refractivity contribution in [1.29, 1.82) is 0 Å². The Morgan fingerprint density at radius 1 is 1.29 bits per heavy atom. The Balaban J connectivity index is 1.46. The van der Waals surface area contributed by atoms with Gasteiger partial charge < -0.3 is 25.2 Å². The largest absolute Gasteiger partial charge is 0.497 e. The van der Waals surface area contributed by atoms with Crippen LogP contribution in [0.3, 0.4) is 0 Å². The first-order valence-corrected chi connectivity index (χ1v) is 12.8. The van der Waals surface area contributed by atoms with Crippen LogP contribution in [0, 0.1) is 11.8 Å². The summed E-state index contributed by atoms with van der Waals surface area (Å²) in [7, 11) is 2.93. The third-order valence-corrected chi connectivity index (χ3v) is 8.88. The smallest absolute Gasteiger partial charge is 0.328 e. The molecule has 5 rings (SSSR count). The Kier molecular flexibility index (Phi) is 6.16. The molecule has 3 fully saturated rings. The minimum Gasteiger partial charge on any atom is -0.497 e. The van der Waals surface area contributed by atoms with Gasteiger partial charge in [-0.3, -0.25) is 9.59 Å². The zero-order valence-electron chi connectivity index (χ0n) is 20.8. The molecule has 0 spiro atoms. The molecule has 0 aromatic heterocycles. The first kappa shape index (κ1) is 24.3. The fraction of sp³-hybridized carbons (Fsp3) is 0.667. The second kappa shape index (κ2) is 8.89. The SMILES string of the molecule is COC(=O)[C@H](C)NC(=O)C[C@H]1C[C@@]2(O)[C@H]3Cc4c(CC5CC5)cc(OC)cc4[C@@]2(CCN3)CC1=O. The van der Waals surface area contributed by atoms with Crippen LogP contribution in [-0.2, 0) is 37.4 Å². The summed E-state index contributed by atoms with van der Waals surface area (Å²) in [6.45, 7) is 2.28. The van der Waals surface area contributed by atoms with Gasteiger partial charge in [0.05, 0.1) is 19.8 Å². The van der Waals surface area contributed by atoms with Gasteiger partial charge in [-0.25, -0.2) is 4.79 Å². The summed E-state index contributed by atoms with van der Waals surface area (Å²) in [6, 6.07) is 3.20. The average molecular weight is 485 g/mol. The van der Waals surface area contributed by atoms with Gasteiger partial charge in [0.1, 0.15) is 17.6 Å². The Bertz CT molecular complexity index is 1050. The van der Waals surface area contributed by atoms with Crippen molar-refractivity contribution >= 4 is 17.7 Å². The lowest BCUT2D eigenvalue weighted by Gasteiger charge is -2.62. The molecule has 35 heavy (non-hydrogen) atoms. The van der Waals surface area contributed by atoms with Crippen molar-refractivity contribution in [3.05, 3.63) is 28.8 Å². The lowest BCUT2D eigenvalue weighted by molar-refractivity contribution is -0.161. The first-order chi connectivity index (χ1) is 16.7. The zero-order valence-corrected chi connectivity index (χ0v) is 20.8. The highest BCUT2D eigenvalue weighted by Gasteiger charge is 2.65. The molecule has 4 aliphatic rings. The number of rotatable bonds is 7. The second-order valence-electron chi connectivity index (χ2n) is 11.0. The van der Waals surface area contributed by atoms with Crippen LogP contribution in [0.5, 0.6) is 5.75 Å². The van der Waals surface area contributed by atoms with Crippen LogP contribution in [0.1, 0.15) is 62.1 Å². The van der Waals surface area contributed by atoms with E-state index < -0.39 is 28.9 Å². The van der Waals surface area contributed by atoms with Crippen LogP contribution in [0.15, 0.2) is 12.1 Å². The Morgan fingerprint density at radius 3 is 2.74 bits per heavy atom. The number of ether oxygens (including phenoxy) is 2. The molecule has 1 saturated heterocycles. The lowest BCUT2D eigenvalue weighted by Crippen LogP contribution is -2.73. The number of hydrogen-bond acceptors (Lipinski definition) is 7. The number of ketones is 1. The van der Waals surface area contributed by atoms with E-state index in [0.717, 1.165) is 24.3 Å². The quantitative estimate of drug-likeness (QED) is 0.504. The molecule has 2 saturated carbocycles. The molecule has 3 N–H and O–H groups in total. The summed E-state index contributed by atoms with van der Waals surface area (Å²) < 4.78 is 10.3. The fourth-order valence-corrected chi connectivity index (χ4v) is 6.85. The Hall–Kier alpha value is -2.45. The highest BCUT2D eigenvalue weighted by Crippen LogP contribution is 2.58. The van der Waals surface area contributed by atoms with Gasteiger partial charge in [-0.15, -0.1) is 0 Å². The molecule has 8 heteroatoms. The predicted octanol–water partition coefficient (Wildman–Crippen LogP) is 1.58. The lowest BCUT2D eigenvalue weighted by atomic mass is 9.47. The fourth-order valence-electron chi connectivity index (χ4n) is 6.85. The number of amides is 1. The molecule has 5 atom stereocenters. The van der Waals surface area contributed by atoms with Crippen LogP contribution in [0.25, 0.3) is 0 Å². The van der Waals surface area contributed by atoms with E-state index in [9.17, 15) is 19.5 Å². The summed E-state index contributed by atoms with van der Waals surface area (Å²) in [5, 5.41) is 18.5. The summed E-state index contributed by atoms with van der Waals surface area (Å²) >= 11 is 0. The Morgan fingerprint density at radius 2 is 2.06 bits per heavy atom. The van der Waals surface area contributed by atoms with Gasteiger partial charge >= 0.3 is 5.97 Å². The minimum atomic E-state index is -1.14. The van der Waals surface area contributed by atoms with Crippen LogP contribution in [-0.4, -0.2) is 61.2 Å². The second-order valence-corrected chi connectivity index (χ2v) is 11.0. The van der Waals surface area contributed by atoms with Crippen molar-refractivity contribution in [2.24, 2.45) is 11.8 Å². The summed E-state index contributed by atoms with van der Waals surface area (Å²) in [5.41, 5.74) is 1.77. The maximum Gasteiger partial charge on any atom is 0.328 e. The van der Waals surface area contributed by atoms with Crippen molar-refractivity contribution in [2.45, 2.75) is 81.4 Å². The number of benzene rings is 1. The van der Waals surface area contributed by atoms with E-state index in [1.807, 2.05) is 6.07 Å². The molecule has 1 aromatic rings. The number of carbonyl (C=O) groups excluding carboxylic acids is 3. The number of piperidine rings is 1. The maximum atomic E-state index is 13.5. The summed E-state index contributed by atoms with van der Waals surface area (Å²) in [4.78, 5) is 37.8. The number of nitrogens with one attached hydrogen (secondary N) is 2.